The highest BCUT2D eigenvalue weighted by atomic mass is 35.5. The molecule has 2 rings (SSSR count). The van der Waals surface area contributed by atoms with Gasteiger partial charge in [-0.2, -0.15) is 11.8 Å². The third kappa shape index (κ3) is 4.03. The molecular formula is C15H20Cl2FNS. The summed E-state index contributed by atoms with van der Waals surface area (Å²) in [5.74, 6) is 0.756. The van der Waals surface area contributed by atoms with Crippen molar-refractivity contribution < 1.29 is 4.39 Å². The Hall–Kier alpha value is 0.0400. The molecule has 0 aliphatic heterocycles. The van der Waals surface area contributed by atoms with Crippen LogP contribution in [0.25, 0.3) is 0 Å². The lowest BCUT2D eigenvalue weighted by Crippen LogP contribution is -2.29. The van der Waals surface area contributed by atoms with Gasteiger partial charge in [0.25, 0.3) is 0 Å². The molecular weight excluding hydrogens is 316 g/mol. The van der Waals surface area contributed by atoms with Crippen LogP contribution in [-0.4, -0.2) is 17.0 Å². The van der Waals surface area contributed by atoms with Crippen LogP contribution in [0, 0.1) is 5.82 Å². The van der Waals surface area contributed by atoms with Crippen molar-refractivity contribution in [2.45, 2.75) is 50.4 Å². The standard InChI is InChI=1S/C15H20Cl2FNS/c1-3-20-11-5-4-10(6-11)19-9(2)12-7-15(18)14(17)8-13(12)16/h7-11,19H,3-6H2,1-2H3. The number of rotatable bonds is 5. The molecule has 5 heteroatoms. The first kappa shape index (κ1) is 16.4. The fourth-order valence-corrected chi connectivity index (χ4v) is 4.48. The number of hydrogen-bond acceptors (Lipinski definition) is 2. The van der Waals surface area contributed by atoms with E-state index < -0.39 is 5.82 Å². The lowest BCUT2D eigenvalue weighted by Gasteiger charge is -2.21. The van der Waals surface area contributed by atoms with Crippen molar-refractivity contribution in [2.24, 2.45) is 0 Å². The molecule has 0 saturated heterocycles. The molecule has 1 aromatic rings. The molecule has 3 atom stereocenters. The average molecular weight is 336 g/mol. The second-order valence-corrected chi connectivity index (χ2v) is 7.66. The molecule has 0 amide bonds. The second-order valence-electron chi connectivity index (χ2n) is 5.26. The molecule has 1 saturated carbocycles. The van der Waals surface area contributed by atoms with Gasteiger partial charge in [-0.05, 0) is 49.6 Å². The number of halogens is 3. The van der Waals surface area contributed by atoms with Gasteiger partial charge in [0.1, 0.15) is 5.82 Å². The largest absolute Gasteiger partial charge is 0.307 e. The van der Waals surface area contributed by atoms with Gasteiger partial charge >= 0.3 is 0 Å². The maximum absolute atomic E-state index is 13.6. The van der Waals surface area contributed by atoms with E-state index in [0.717, 1.165) is 10.8 Å². The van der Waals surface area contributed by atoms with E-state index in [1.54, 1.807) is 0 Å². The van der Waals surface area contributed by atoms with Crippen molar-refractivity contribution in [3.05, 3.63) is 33.6 Å². The Bertz CT molecular complexity index is 469. The van der Waals surface area contributed by atoms with Crippen molar-refractivity contribution in [3.63, 3.8) is 0 Å². The van der Waals surface area contributed by atoms with Crippen LogP contribution in [0.5, 0.6) is 0 Å². The summed E-state index contributed by atoms with van der Waals surface area (Å²) in [4.78, 5) is 0. The van der Waals surface area contributed by atoms with Crippen LogP contribution in [0.3, 0.4) is 0 Å². The molecule has 3 unspecified atom stereocenters. The van der Waals surface area contributed by atoms with Crippen molar-refractivity contribution in [2.75, 3.05) is 5.75 Å². The molecule has 112 valence electrons. The van der Waals surface area contributed by atoms with E-state index in [9.17, 15) is 4.39 Å². The minimum absolute atomic E-state index is 0.0321. The minimum Gasteiger partial charge on any atom is -0.307 e. The summed E-state index contributed by atoms with van der Waals surface area (Å²) < 4.78 is 13.6. The van der Waals surface area contributed by atoms with Crippen LogP contribution in [0.15, 0.2) is 12.1 Å². The summed E-state index contributed by atoms with van der Waals surface area (Å²) in [6.45, 7) is 4.22. The van der Waals surface area contributed by atoms with E-state index in [1.165, 1.54) is 37.1 Å². The molecule has 20 heavy (non-hydrogen) atoms. The van der Waals surface area contributed by atoms with Crippen molar-refractivity contribution in [3.8, 4) is 0 Å². The summed E-state index contributed by atoms with van der Waals surface area (Å²) in [7, 11) is 0. The molecule has 1 nitrogen and oxygen atoms in total. The molecule has 1 aromatic carbocycles. The topological polar surface area (TPSA) is 12.0 Å². The summed E-state index contributed by atoms with van der Waals surface area (Å²) in [6.07, 6.45) is 3.61. The van der Waals surface area contributed by atoms with Crippen LogP contribution in [-0.2, 0) is 0 Å². The number of benzene rings is 1. The molecule has 1 aliphatic carbocycles. The van der Waals surface area contributed by atoms with Gasteiger partial charge in [0, 0.05) is 22.4 Å². The summed E-state index contributed by atoms with van der Waals surface area (Å²) >= 11 is 13.9. The minimum atomic E-state index is -0.412. The van der Waals surface area contributed by atoms with Gasteiger partial charge in [-0.15, -0.1) is 0 Å². The van der Waals surface area contributed by atoms with E-state index in [2.05, 4.69) is 12.2 Å². The molecule has 1 N–H and O–H groups in total. The fraction of sp³-hybridized carbons (Fsp3) is 0.600. The predicted molar refractivity (Wildman–Crippen MR) is 87.5 cm³/mol. The smallest absolute Gasteiger partial charge is 0.142 e. The SMILES string of the molecule is CCSC1CCC(NC(C)c2cc(F)c(Cl)cc2Cl)C1. The van der Waals surface area contributed by atoms with Crippen LogP contribution in [0.1, 0.15) is 44.7 Å². The Labute approximate surface area is 134 Å². The maximum Gasteiger partial charge on any atom is 0.142 e. The third-order valence-corrected chi connectivity index (χ3v) is 5.63. The van der Waals surface area contributed by atoms with Gasteiger partial charge in [0.2, 0.25) is 0 Å². The zero-order valence-electron chi connectivity index (χ0n) is 11.8. The number of thioether (sulfide) groups is 1. The monoisotopic (exact) mass is 335 g/mol. The first-order chi connectivity index (χ1) is 9.51. The Morgan fingerprint density at radius 3 is 2.80 bits per heavy atom. The molecule has 0 radical (unpaired) electrons. The van der Waals surface area contributed by atoms with Gasteiger partial charge in [0.15, 0.2) is 0 Å². The van der Waals surface area contributed by atoms with E-state index in [0.29, 0.717) is 11.1 Å². The molecule has 0 heterocycles. The number of hydrogen-bond donors (Lipinski definition) is 1. The molecule has 1 fully saturated rings. The van der Waals surface area contributed by atoms with Crippen LogP contribution in [0.2, 0.25) is 10.0 Å². The zero-order chi connectivity index (χ0) is 14.7. The lowest BCUT2D eigenvalue weighted by molar-refractivity contribution is 0.460. The number of nitrogens with one attached hydrogen (secondary N) is 1. The molecule has 0 spiro atoms. The van der Waals surface area contributed by atoms with Gasteiger partial charge in [0.05, 0.1) is 5.02 Å². The van der Waals surface area contributed by atoms with Crippen molar-refractivity contribution in [1.82, 2.24) is 5.32 Å². The second kappa shape index (κ2) is 7.35. The van der Waals surface area contributed by atoms with Crippen molar-refractivity contribution in [1.29, 1.82) is 0 Å². The Morgan fingerprint density at radius 2 is 2.10 bits per heavy atom. The van der Waals surface area contributed by atoms with Gasteiger partial charge < -0.3 is 5.32 Å². The quantitative estimate of drug-likeness (QED) is 0.717. The summed E-state index contributed by atoms with van der Waals surface area (Å²) in [5.41, 5.74) is 0.778. The van der Waals surface area contributed by atoms with E-state index in [4.69, 9.17) is 23.2 Å². The third-order valence-electron chi connectivity index (χ3n) is 3.78. The lowest BCUT2D eigenvalue weighted by atomic mass is 10.1. The fourth-order valence-electron chi connectivity index (χ4n) is 2.79. The van der Waals surface area contributed by atoms with Crippen LogP contribution < -0.4 is 5.32 Å². The highest BCUT2D eigenvalue weighted by Gasteiger charge is 2.26. The molecule has 1 aliphatic rings. The first-order valence-corrected chi connectivity index (χ1v) is 8.83. The van der Waals surface area contributed by atoms with E-state index in [1.807, 2.05) is 18.7 Å². The molecule has 0 aromatic heterocycles. The van der Waals surface area contributed by atoms with Crippen LogP contribution >= 0.6 is 35.0 Å². The Kier molecular flexibility index (Phi) is 6.03. The van der Waals surface area contributed by atoms with E-state index in [-0.39, 0.29) is 11.1 Å². The van der Waals surface area contributed by atoms with Gasteiger partial charge in [-0.25, -0.2) is 4.39 Å². The summed E-state index contributed by atoms with van der Waals surface area (Å²) in [6, 6.07) is 3.44. The van der Waals surface area contributed by atoms with Gasteiger partial charge in [-0.3, -0.25) is 0 Å². The predicted octanol–water partition coefficient (Wildman–Crippen LogP) is 5.46. The normalized spacial score (nSPS) is 24.1. The molecule has 0 bridgehead atoms. The maximum atomic E-state index is 13.6. The first-order valence-electron chi connectivity index (χ1n) is 7.03. The highest BCUT2D eigenvalue weighted by molar-refractivity contribution is 7.99. The average Bonchev–Trinajstić information content (AvgIpc) is 2.81. The summed E-state index contributed by atoms with van der Waals surface area (Å²) in [5, 5.41) is 4.91. The van der Waals surface area contributed by atoms with Gasteiger partial charge in [-0.1, -0.05) is 30.1 Å². The zero-order valence-corrected chi connectivity index (χ0v) is 14.1. The highest BCUT2D eigenvalue weighted by Crippen LogP contribution is 2.33. The van der Waals surface area contributed by atoms with Crippen LogP contribution in [0.4, 0.5) is 4.39 Å². The van der Waals surface area contributed by atoms with E-state index >= 15 is 0 Å². The Balaban J connectivity index is 1.99. The Morgan fingerprint density at radius 1 is 1.35 bits per heavy atom. The van der Waals surface area contributed by atoms with Crippen molar-refractivity contribution >= 4 is 35.0 Å².